The third-order valence-electron chi connectivity index (χ3n) is 4.98. The zero-order chi connectivity index (χ0) is 18.7. The fraction of sp³-hybridized carbons (Fsp3) is 0. The Labute approximate surface area is 159 Å². The molecule has 0 fully saturated rings. The summed E-state index contributed by atoms with van der Waals surface area (Å²) in [6.07, 6.45) is 4.31. The molecule has 3 heteroatoms. The van der Waals surface area contributed by atoms with Gasteiger partial charge in [-0.1, -0.05) is 0 Å². The Bertz CT molecular complexity index is 939. The maximum atomic E-state index is 13.0. The van der Waals surface area contributed by atoms with Gasteiger partial charge in [0, 0.05) is 0 Å². The number of ketones is 2. The van der Waals surface area contributed by atoms with Crippen LogP contribution >= 0.6 is 7.26 Å². The average molecular weight is 370 g/mol. The van der Waals surface area contributed by atoms with Gasteiger partial charge in [-0.15, -0.1) is 0 Å². The third kappa shape index (κ3) is 2.99. The number of benzene rings is 3. The molecule has 0 amide bonds. The summed E-state index contributed by atoms with van der Waals surface area (Å²) in [5.41, 5.74) is 0. The maximum absolute atomic E-state index is 13.0. The molecular formula is C24H19O2P. The predicted octanol–water partition coefficient (Wildman–Crippen LogP) is 3.30. The summed E-state index contributed by atoms with van der Waals surface area (Å²) in [5.74, 6) is -0.220. The first kappa shape index (κ1) is 17.3. The van der Waals surface area contributed by atoms with E-state index in [-0.39, 0.29) is 11.6 Å². The van der Waals surface area contributed by atoms with E-state index in [0.29, 0.717) is 5.31 Å². The van der Waals surface area contributed by atoms with Gasteiger partial charge in [-0.3, -0.25) is 0 Å². The summed E-state index contributed by atoms with van der Waals surface area (Å²) in [4.78, 5) is 25.3. The summed E-state index contributed by atoms with van der Waals surface area (Å²) < 4.78 is 0. The van der Waals surface area contributed by atoms with E-state index in [9.17, 15) is 9.59 Å². The number of carbonyl (C=O) groups excluding carboxylic acids is 2. The van der Waals surface area contributed by atoms with Gasteiger partial charge in [-0.2, -0.15) is 0 Å². The van der Waals surface area contributed by atoms with E-state index in [1.807, 2.05) is 54.6 Å². The molecule has 0 aliphatic heterocycles. The first-order chi connectivity index (χ1) is 13.2. The van der Waals surface area contributed by atoms with Crippen LogP contribution in [-0.2, 0) is 9.59 Å². The van der Waals surface area contributed by atoms with Crippen molar-refractivity contribution in [3.8, 4) is 0 Å². The molecule has 0 unspecified atom stereocenters. The molecule has 1 aliphatic carbocycles. The van der Waals surface area contributed by atoms with Crippen LogP contribution in [0.4, 0.5) is 0 Å². The van der Waals surface area contributed by atoms with E-state index >= 15 is 0 Å². The van der Waals surface area contributed by atoms with Gasteiger partial charge in [0.05, 0.1) is 0 Å². The van der Waals surface area contributed by atoms with Crippen molar-refractivity contribution in [3.63, 3.8) is 0 Å². The van der Waals surface area contributed by atoms with Gasteiger partial charge in [0.1, 0.15) is 0 Å². The zero-order valence-electron chi connectivity index (χ0n) is 14.7. The van der Waals surface area contributed by atoms with Gasteiger partial charge in [0.25, 0.3) is 0 Å². The molecule has 0 saturated heterocycles. The van der Waals surface area contributed by atoms with E-state index in [0.717, 1.165) is 15.9 Å². The Morgan fingerprint density at radius 1 is 0.519 bits per heavy atom. The van der Waals surface area contributed by atoms with Gasteiger partial charge < -0.3 is 0 Å². The van der Waals surface area contributed by atoms with E-state index in [1.165, 1.54) is 12.2 Å². The Balaban J connectivity index is 2.14. The Morgan fingerprint density at radius 3 is 1.33 bits per heavy atom. The monoisotopic (exact) mass is 370 g/mol. The third-order valence-corrected chi connectivity index (χ3v) is 9.77. The SMILES string of the molecule is O=C1C=CC(=O)C([PH](c2ccccc2)(c2ccccc2)c2ccccc2)=C1. The molecule has 132 valence electrons. The van der Waals surface area contributed by atoms with Gasteiger partial charge in [0.15, 0.2) is 0 Å². The molecule has 0 atom stereocenters. The first-order valence-corrected chi connectivity index (χ1v) is 10.9. The molecule has 0 aromatic heterocycles. The molecule has 0 saturated carbocycles. The first-order valence-electron chi connectivity index (χ1n) is 8.88. The standard InChI is InChI=1S/C24H19O2P/c25-19-16-17-23(26)24(18-19)27(20-10-4-1-5-11-20,21-12-6-2-7-13-21)22-14-8-3-9-15-22/h1-18,27H. The summed E-state index contributed by atoms with van der Waals surface area (Å²) in [6.45, 7) is 0. The van der Waals surface area contributed by atoms with Crippen LogP contribution in [-0.4, -0.2) is 11.6 Å². The molecule has 0 bridgehead atoms. The van der Waals surface area contributed by atoms with Crippen LogP contribution in [0, 0.1) is 0 Å². The van der Waals surface area contributed by atoms with E-state index < -0.39 is 7.26 Å². The Morgan fingerprint density at radius 2 is 0.926 bits per heavy atom. The van der Waals surface area contributed by atoms with Gasteiger partial charge in [-0.05, 0) is 0 Å². The molecular weight excluding hydrogens is 351 g/mol. The fourth-order valence-electron chi connectivity index (χ4n) is 3.83. The van der Waals surface area contributed by atoms with E-state index in [1.54, 1.807) is 6.08 Å². The molecule has 27 heavy (non-hydrogen) atoms. The molecule has 0 spiro atoms. The van der Waals surface area contributed by atoms with Crippen molar-refractivity contribution in [1.82, 2.24) is 0 Å². The minimum absolute atomic E-state index is 0.0853. The van der Waals surface area contributed by atoms with E-state index in [2.05, 4.69) is 36.4 Å². The zero-order valence-corrected chi connectivity index (χ0v) is 15.7. The van der Waals surface area contributed by atoms with Crippen LogP contribution < -0.4 is 15.9 Å². The summed E-state index contributed by atoms with van der Waals surface area (Å²) in [6, 6.07) is 30.3. The fourth-order valence-corrected chi connectivity index (χ4v) is 8.66. The second kappa shape index (κ2) is 7.26. The molecule has 2 nitrogen and oxygen atoms in total. The van der Waals surface area contributed by atoms with Crippen LogP contribution in [0.3, 0.4) is 0 Å². The van der Waals surface area contributed by atoms with Crippen molar-refractivity contribution in [2.45, 2.75) is 0 Å². The molecule has 0 radical (unpaired) electrons. The van der Waals surface area contributed by atoms with Crippen molar-refractivity contribution in [1.29, 1.82) is 0 Å². The van der Waals surface area contributed by atoms with Crippen molar-refractivity contribution in [2.75, 3.05) is 0 Å². The van der Waals surface area contributed by atoms with Crippen LogP contribution in [0.5, 0.6) is 0 Å². The number of hydrogen-bond donors (Lipinski definition) is 0. The topological polar surface area (TPSA) is 34.1 Å². The second-order valence-electron chi connectivity index (χ2n) is 6.51. The molecule has 0 heterocycles. The number of rotatable bonds is 4. The molecule has 4 rings (SSSR count). The van der Waals surface area contributed by atoms with Crippen molar-refractivity contribution in [2.24, 2.45) is 0 Å². The molecule has 0 N–H and O–H groups in total. The van der Waals surface area contributed by atoms with Crippen LogP contribution in [0.2, 0.25) is 0 Å². The predicted molar refractivity (Wildman–Crippen MR) is 114 cm³/mol. The van der Waals surface area contributed by atoms with Crippen molar-refractivity contribution >= 4 is 34.7 Å². The van der Waals surface area contributed by atoms with Crippen LogP contribution in [0.15, 0.2) is 115 Å². The molecule has 3 aromatic carbocycles. The number of carbonyl (C=O) groups is 2. The Kier molecular flexibility index (Phi) is 4.66. The van der Waals surface area contributed by atoms with Gasteiger partial charge in [0.2, 0.25) is 0 Å². The van der Waals surface area contributed by atoms with Crippen LogP contribution in [0.25, 0.3) is 0 Å². The molecule has 1 aliphatic rings. The second-order valence-corrected chi connectivity index (χ2v) is 10.3. The summed E-state index contributed by atoms with van der Waals surface area (Å²) >= 11 is 0. The normalized spacial score (nSPS) is 14.7. The van der Waals surface area contributed by atoms with Crippen molar-refractivity contribution in [3.05, 3.63) is 115 Å². The van der Waals surface area contributed by atoms with Gasteiger partial charge >= 0.3 is 159 Å². The quantitative estimate of drug-likeness (QED) is 0.522. The average Bonchev–Trinajstić information content (AvgIpc) is 2.73. The van der Waals surface area contributed by atoms with Crippen LogP contribution in [0.1, 0.15) is 0 Å². The van der Waals surface area contributed by atoms with Crippen molar-refractivity contribution < 1.29 is 9.59 Å². The Hall–Kier alpha value is -3.09. The summed E-state index contributed by atoms with van der Waals surface area (Å²) in [7, 11) is -2.89. The van der Waals surface area contributed by atoms with E-state index in [4.69, 9.17) is 0 Å². The molecule has 3 aromatic rings. The van der Waals surface area contributed by atoms with Gasteiger partial charge in [-0.25, -0.2) is 0 Å². The summed E-state index contributed by atoms with van der Waals surface area (Å²) in [5, 5.41) is 3.87. The minimum atomic E-state index is -2.89. The number of hydrogen-bond acceptors (Lipinski definition) is 2. The number of allylic oxidation sites excluding steroid dienone is 4.